The normalized spacial score (nSPS) is 13.4. The Hall–Kier alpha value is -5.18. The number of nitrogens with two attached hydrogens (primary N) is 3. The van der Waals surface area contributed by atoms with Gasteiger partial charge < -0.3 is 48.5 Å². The minimum Gasteiger partial charge on any atom is -0.508 e. The highest BCUT2D eigenvalue weighted by molar-refractivity contribution is 5.94. The third-order valence-electron chi connectivity index (χ3n) is 6.48. The first kappa shape index (κ1) is 35.0. The molecule has 0 radical (unpaired) electrons. The Bertz CT molecular complexity index is 1300. The molecule has 0 aliphatic heterocycles. The summed E-state index contributed by atoms with van der Waals surface area (Å²) in [6.45, 7) is 0.117. The number of rotatable bonds is 18. The molecule has 12 N–H and O–H groups in total. The van der Waals surface area contributed by atoms with E-state index in [1.807, 2.05) is 6.07 Å². The van der Waals surface area contributed by atoms with Gasteiger partial charge in [0.25, 0.3) is 0 Å². The number of guanidine groups is 1. The predicted molar refractivity (Wildman–Crippen MR) is 160 cm³/mol. The number of aliphatic imine (C=N–C) groups is 1. The van der Waals surface area contributed by atoms with Crippen LogP contribution in [0.3, 0.4) is 0 Å². The molecule has 0 heterocycles. The van der Waals surface area contributed by atoms with Gasteiger partial charge in [0.15, 0.2) is 5.96 Å². The molecule has 0 fully saturated rings. The number of nitrogens with one attached hydrogen (secondary N) is 3. The summed E-state index contributed by atoms with van der Waals surface area (Å²) >= 11 is 0. The molecule has 2 aromatic rings. The maximum atomic E-state index is 13.5. The summed E-state index contributed by atoms with van der Waals surface area (Å²) in [6, 6.07) is 9.78. The van der Waals surface area contributed by atoms with Gasteiger partial charge in [-0.3, -0.25) is 24.2 Å². The lowest BCUT2D eigenvalue weighted by atomic mass is 10.0. The fourth-order valence-corrected chi connectivity index (χ4v) is 4.16. The Balaban J connectivity index is 2.22. The lowest BCUT2D eigenvalue weighted by Crippen LogP contribution is -2.57. The smallest absolute Gasteiger partial charge is 0.326 e. The zero-order valence-electron chi connectivity index (χ0n) is 24.0. The average Bonchev–Trinajstić information content (AvgIpc) is 2.97. The summed E-state index contributed by atoms with van der Waals surface area (Å²) in [4.78, 5) is 66.4. The van der Waals surface area contributed by atoms with E-state index >= 15 is 0 Å². The standard InChI is InChI=1S/C29H39N7O8/c30-20(15-17-5-2-1-3-6-17)25(40)36-23(16-18-8-10-19(37)11-9-18)27(42)34-21(12-13-24(38)39)26(41)35-22(28(43)44)7-4-14-33-29(31)32/h1-3,5-6,8-11,20-23,37H,4,7,12-16,30H2,(H,34,42)(H,35,41)(H,36,40)(H,38,39)(H,43,44)(H4,31,32,33). The number of aromatic hydroxyl groups is 1. The molecule has 3 amide bonds. The SMILES string of the molecule is NC(N)=NCCCC(NC(=O)C(CCC(=O)O)NC(=O)C(Cc1ccc(O)cc1)NC(=O)C(N)Cc1ccccc1)C(=O)O. The van der Waals surface area contributed by atoms with Crippen LogP contribution in [0, 0.1) is 0 Å². The van der Waals surface area contributed by atoms with Crippen molar-refractivity contribution < 1.29 is 39.3 Å². The van der Waals surface area contributed by atoms with Crippen molar-refractivity contribution >= 4 is 35.6 Å². The van der Waals surface area contributed by atoms with Crippen LogP contribution < -0.4 is 33.2 Å². The number of carboxylic acid groups (broad SMARTS) is 2. The Kier molecular flexibility index (Phi) is 14.1. The Morgan fingerprint density at radius 3 is 1.89 bits per heavy atom. The van der Waals surface area contributed by atoms with Crippen molar-refractivity contribution in [2.45, 2.75) is 62.7 Å². The van der Waals surface area contributed by atoms with Gasteiger partial charge in [0.1, 0.15) is 23.9 Å². The first-order valence-electron chi connectivity index (χ1n) is 13.8. The van der Waals surface area contributed by atoms with Gasteiger partial charge in [-0.1, -0.05) is 42.5 Å². The highest BCUT2D eigenvalue weighted by Gasteiger charge is 2.31. The molecule has 0 aliphatic rings. The largest absolute Gasteiger partial charge is 0.508 e. The topological polar surface area (TPSA) is 273 Å². The number of carbonyl (C=O) groups excluding carboxylic acids is 3. The van der Waals surface area contributed by atoms with Gasteiger partial charge in [-0.05, 0) is 48.9 Å². The van der Waals surface area contributed by atoms with Crippen LogP contribution in [0.5, 0.6) is 5.75 Å². The maximum Gasteiger partial charge on any atom is 0.326 e. The van der Waals surface area contributed by atoms with Crippen LogP contribution in [0.4, 0.5) is 0 Å². The second-order valence-electron chi connectivity index (χ2n) is 10.1. The van der Waals surface area contributed by atoms with Crippen molar-refractivity contribution in [3.63, 3.8) is 0 Å². The van der Waals surface area contributed by atoms with E-state index in [-0.39, 0.29) is 50.4 Å². The van der Waals surface area contributed by atoms with Gasteiger partial charge >= 0.3 is 11.9 Å². The molecular formula is C29H39N7O8. The maximum absolute atomic E-state index is 13.5. The summed E-state index contributed by atoms with van der Waals surface area (Å²) in [7, 11) is 0. The van der Waals surface area contributed by atoms with Gasteiger partial charge in [-0.2, -0.15) is 0 Å². The van der Waals surface area contributed by atoms with Crippen molar-refractivity contribution in [3.8, 4) is 5.75 Å². The van der Waals surface area contributed by atoms with Gasteiger partial charge in [0.2, 0.25) is 17.7 Å². The van der Waals surface area contributed by atoms with Gasteiger partial charge in [-0.25, -0.2) is 4.79 Å². The first-order chi connectivity index (χ1) is 20.8. The minimum absolute atomic E-state index is 0.0136. The van der Waals surface area contributed by atoms with E-state index in [1.54, 1.807) is 36.4 Å². The molecule has 0 aliphatic carbocycles. The van der Waals surface area contributed by atoms with Crippen molar-refractivity contribution in [2.24, 2.45) is 22.2 Å². The number of phenolic OH excluding ortho intramolecular Hbond substituents is 1. The molecule has 44 heavy (non-hydrogen) atoms. The van der Waals surface area contributed by atoms with E-state index in [0.29, 0.717) is 5.56 Å². The molecule has 15 heteroatoms. The number of phenols is 1. The van der Waals surface area contributed by atoms with Crippen LogP contribution >= 0.6 is 0 Å². The molecule has 15 nitrogen and oxygen atoms in total. The van der Waals surface area contributed by atoms with E-state index in [9.17, 15) is 39.3 Å². The highest BCUT2D eigenvalue weighted by Crippen LogP contribution is 2.13. The van der Waals surface area contributed by atoms with Crippen LogP contribution in [0.25, 0.3) is 0 Å². The van der Waals surface area contributed by atoms with Crippen LogP contribution in [-0.2, 0) is 36.8 Å². The second kappa shape index (κ2) is 17.7. The van der Waals surface area contributed by atoms with Gasteiger partial charge in [0.05, 0.1) is 6.04 Å². The average molecular weight is 614 g/mol. The Morgan fingerprint density at radius 2 is 1.30 bits per heavy atom. The molecule has 0 bridgehead atoms. The van der Waals surface area contributed by atoms with Gasteiger partial charge in [-0.15, -0.1) is 0 Å². The quantitative estimate of drug-likeness (QED) is 0.0556. The number of nitrogens with zero attached hydrogens (tertiary/aromatic N) is 1. The number of carbonyl (C=O) groups is 5. The molecule has 0 saturated carbocycles. The van der Waals surface area contributed by atoms with E-state index in [0.717, 1.165) is 5.56 Å². The molecule has 0 saturated heterocycles. The zero-order valence-corrected chi connectivity index (χ0v) is 24.0. The van der Waals surface area contributed by atoms with Crippen molar-refractivity contribution in [3.05, 3.63) is 65.7 Å². The fourth-order valence-electron chi connectivity index (χ4n) is 4.16. The Morgan fingerprint density at radius 1 is 0.727 bits per heavy atom. The van der Waals surface area contributed by atoms with Crippen molar-refractivity contribution in [2.75, 3.05) is 6.54 Å². The Labute approximate surface area is 253 Å². The van der Waals surface area contributed by atoms with Crippen molar-refractivity contribution in [1.82, 2.24) is 16.0 Å². The summed E-state index contributed by atoms with van der Waals surface area (Å²) in [5, 5.41) is 35.8. The van der Waals surface area contributed by atoms with Gasteiger partial charge in [0, 0.05) is 19.4 Å². The van der Waals surface area contributed by atoms with Crippen LogP contribution in [0.15, 0.2) is 59.6 Å². The highest BCUT2D eigenvalue weighted by atomic mass is 16.4. The molecule has 2 rings (SSSR count). The molecule has 0 spiro atoms. The lowest BCUT2D eigenvalue weighted by Gasteiger charge is -2.25. The van der Waals surface area contributed by atoms with Crippen LogP contribution in [0.2, 0.25) is 0 Å². The van der Waals surface area contributed by atoms with Crippen molar-refractivity contribution in [1.29, 1.82) is 0 Å². The summed E-state index contributed by atoms with van der Waals surface area (Å²) in [5.41, 5.74) is 18.0. The number of aliphatic carboxylic acids is 2. The monoisotopic (exact) mass is 613 g/mol. The third-order valence-corrected chi connectivity index (χ3v) is 6.48. The van der Waals surface area contributed by atoms with E-state index < -0.39 is 60.2 Å². The summed E-state index contributed by atoms with van der Waals surface area (Å²) < 4.78 is 0. The molecule has 2 aromatic carbocycles. The molecule has 4 atom stereocenters. The second-order valence-corrected chi connectivity index (χ2v) is 10.1. The third kappa shape index (κ3) is 12.8. The van der Waals surface area contributed by atoms with E-state index in [1.165, 1.54) is 12.1 Å². The number of carboxylic acids is 2. The molecule has 238 valence electrons. The first-order valence-corrected chi connectivity index (χ1v) is 13.8. The number of hydrogen-bond acceptors (Lipinski definition) is 8. The number of hydrogen-bond donors (Lipinski definition) is 9. The fraction of sp³-hybridized carbons (Fsp3) is 0.379. The summed E-state index contributed by atoms with van der Waals surface area (Å²) in [6.07, 6.45) is -0.588. The summed E-state index contributed by atoms with van der Waals surface area (Å²) in [5.74, 6) is -5.19. The number of benzene rings is 2. The number of amides is 3. The minimum atomic E-state index is -1.45. The predicted octanol–water partition coefficient (Wildman–Crippen LogP) is -1.04. The van der Waals surface area contributed by atoms with E-state index in [4.69, 9.17) is 17.2 Å². The zero-order chi connectivity index (χ0) is 32.6. The van der Waals surface area contributed by atoms with E-state index in [2.05, 4.69) is 20.9 Å². The van der Waals surface area contributed by atoms with Crippen LogP contribution in [0.1, 0.15) is 36.8 Å². The molecule has 0 aromatic heterocycles. The molecule has 4 unspecified atom stereocenters. The van der Waals surface area contributed by atoms with Crippen LogP contribution in [-0.4, -0.2) is 81.7 Å². The lowest BCUT2D eigenvalue weighted by molar-refractivity contribution is -0.143. The molecular weight excluding hydrogens is 574 g/mol.